The molecule has 18 heavy (non-hydrogen) atoms. The van der Waals surface area contributed by atoms with E-state index in [1.807, 2.05) is 13.0 Å². The highest BCUT2D eigenvalue weighted by Crippen LogP contribution is 2.19. The van der Waals surface area contributed by atoms with Gasteiger partial charge in [0, 0.05) is 16.6 Å². The molecule has 1 rings (SSSR count). The van der Waals surface area contributed by atoms with Crippen LogP contribution in [-0.2, 0) is 9.59 Å². The number of pyridine rings is 1. The van der Waals surface area contributed by atoms with Crippen molar-refractivity contribution in [3.05, 3.63) is 22.3 Å². The first-order valence-corrected chi connectivity index (χ1v) is 6.28. The smallest absolute Gasteiger partial charge is 0.307 e. The van der Waals surface area contributed by atoms with Crippen LogP contribution in [0, 0.1) is 18.8 Å². The van der Waals surface area contributed by atoms with Gasteiger partial charge in [-0.2, -0.15) is 0 Å². The van der Waals surface area contributed by atoms with Crippen LogP contribution in [0.15, 0.2) is 16.7 Å². The average molecular weight is 315 g/mol. The number of carbonyl (C=O) groups is 2. The normalized spacial score (nSPS) is 13.8. The highest BCUT2D eigenvalue weighted by molar-refractivity contribution is 9.10. The van der Waals surface area contributed by atoms with Crippen molar-refractivity contribution in [1.29, 1.82) is 0 Å². The van der Waals surface area contributed by atoms with Gasteiger partial charge >= 0.3 is 5.97 Å². The van der Waals surface area contributed by atoms with Gasteiger partial charge in [-0.25, -0.2) is 4.98 Å². The number of nitrogens with zero attached hydrogens (tertiary/aromatic N) is 1. The first-order valence-electron chi connectivity index (χ1n) is 5.48. The second-order valence-corrected chi connectivity index (χ2v) is 5.14. The maximum atomic E-state index is 11.9. The van der Waals surface area contributed by atoms with Gasteiger partial charge in [-0.1, -0.05) is 13.8 Å². The van der Waals surface area contributed by atoms with Crippen molar-refractivity contribution >= 4 is 33.6 Å². The Kier molecular flexibility index (Phi) is 4.84. The third-order valence-corrected chi connectivity index (χ3v) is 3.27. The second kappa shape index (κ2) is 5.95. The molecule has 6 heteroatoms. The van der Waals surface area contributed by atoms with Crippen molar-refractivity contribution in [1.82, 2.24) is 4.98 Å². The van der Waals surface area contributed by atoms with Crippen LogP contribution in [-0.4, -0.2) is 22.0 Å². The van der Waals surface area contributed by atoms with E-state index in [2.05, 4.69) is 26.2 Å². The Morgan fingerprint density at radius 2 is 2.00 bits per heavy atom. The Labute approximate surface area is 114 Å². The molecular formula is C12H15BrN2O3. The maximum Gasteiger partial charge on any atom is 0.307 e. The van der Waals surface area contributed by atoms with E-state index in [0.717, 1.165) is 10.0 Å². The highest BCUT2D eigenvalue weighted by Gasteiger charge is 2.26. The summed E-state index contributed by atoms with van der Waals surface area (Å²) in [6, 6.07) is 1.83. The predicted octanol–water partition coefficient (Wildman–Crippen LogP) is 2.45. The number of rotatable bonds is 4. The molecule has 2 N–H and O–H groups in total. The molecule has 98 valence electrons. The number of anilines is 1. The van der Waals surface area contributed by atoms with Crippen molar-refractivity contribution in [2.24, 2.45) is 11.8 Å². The number of nitrogens with one attached hydrogen (secondary N) is 1. The van der Waals surface area contributed by atoms with Crippen LogP contribution in [0.1, 0.15) is 19.4 Å². The van der Waals surface area contributed by atoms with Gasteiger partial charge in [-0.15, -0.1) is 0 Å². The molecule has 0 spiro atoms. The Bertz CT molecular complexity index is 476. The Morgan fingerprint density at radius 3 is 2.50 bits per heavy atom. The van der Waals surface area contributed by atoms with Crippen molar-refractivity contribution in [3.63, 3.8) is 0 Å². The standard InChI is InChI=1S/C12H15BrN2O3/c1-6-4-9(13)5-14-10(6)15-11(16)7(2)8(3)12(17)18/h4-5,7-8H,1-3H3,(H,17,18)(H,14,15,16). The lowest BCUT2D eigenvalue weighted by Gasteiger charge is -2.16. The maximum absolute atomic E-state index is 11.9. The summed E-state index contributed by atoms with van der Waals surface area (Å²) in [5.41, 5.74) is 0.813. The number of carboxylic acid groups (broad SMARTS) is 1. The van der Waals surface area contributed by atoms with E-state index >= 15 is 0 Å². The molecule has 0 aliphatic heterocycles. The van der Waals surface area contributed by atoms with Crippen LogP contribution in [0.4, 0.5) is 5.82 Å². The minimum absolute atomic E-state index is 0.345. The fourth-order valence-electron chi connectivity index (χ4n) is 1.34. The molecule has 0 aliphatic carbocycles. The zero-order valence-corrected chi connectivity index (χ0v) is 12.0. The topological polar surface area (TPSA) is 79.3 Å². The minimum atomic E-state index is -0.988. The molecule has 1 aromatic heterocycles. The van der Waals surface area contributed by atoms with Crippen LogP contribution >= 0.6 is 15.9 Å². The van der Waals surface area contributed by atoms with Gasteiger partial charge in [-0.05, 0) is 34.5 Å². The van der Waals surface area contributed by atoms with Crippen molar-refractivity contribution < 1.29 is 14.7 Å². The summed E-state index contributed by atoms with van der Waals surface area (Å²) in [4.78, 5) is 26.8. The molecule has 0 fully saturated rings. The van der Waals surface area contributed by atoms with E-state index in [-0.39, 0.29) is 5.91 Å². The number of aromatic nitrogens is 1. The largest absolute Gasteiger partial charge is 0.481 e. The van der Waals surface area contributed by atoms with Crippen LogP contribution in [0.5, 0.6) is 0 Å². The van der Waals surface area contributed by atoms with Crippen molar-refractivity contribution in [2.75, 3.05) is 5.32 Å². The molecule has 0 aliphatic rings. The van der Waals surface area contributed by atoms with Crippen molar-refractivity contribution in [2.45, 2.75) is 20.8 Å². The molecule has 1 amide bonds. The Balaban J connectivity index is 2.78. The number of amides is 1. The molecule has 2 unspecified atom stereocenters. The number of hydrogen-bond acceptors (Lipinski definition) is 3. The summed E-state index contributed by atoms with van der Waals surface area (Å²) >= 11 is 3.28. The lowest BCUT2D eigenvalue weighted by Crippen LogP contribution is -2.30. The zero-order valence-electron chi connectivity index (χ0n) is 10.4. The van der Waals surface area contributed by atoms with E-state index in [0.29, 0.717) is 5.82 Å². The molecule has 0 saturated heterocycles. The third-order valence-electron chi connectivity index (χ3n) is 2.84. The van der Waals surface area contributed by atoms with Crippen LogP contribution in [0.3, 0.4) is 0 Å². The van der Waals surface area contributed by atoms with Gasteiger partial charge in [0.05, 0.1) is 5.92 Å². The number of carbonyl (C=O) groups excluding carboxylic acids is 1. The Hall–Kier alpha value is -1.43. The van der Waals surface area contributed by atoms with E-state index in [1.165, 1.54) is 6.92 Å². The monoisotopic (exact) mass is 314 g/mol. The molecule has 5 nitrogen and oxygen atoms in total. The fourth-order valence-corrected chi connectivity index (χ4v) is 1.79. The van der Waals surface area contributed by atoms with Gasteiger partial charge in [0.15, 0.2) is 0 Å². The van der Waals surface area contributed by atoms with Gasteiger partial charge in [0.25, 0.3) is 0 Å². The summed E-state index contributed by atoms with van der Waals surface area (Å²) < 4.78 is 0.824. The predicted molar refractivity (Wildman–Crippen MR) is 71.3 cm³/mol. The molecule has 0 saturated carbocycles. The van der Waals surface area contributed by atoms with E-state index in [4.69, 9.17) is 5.11 Å². The highest BCUT2D eigenvalue weighted by atomic mass is 79.9. The molecular weight excluding hydrogens is 300 g/mol. The first kappa shape index (κ1) is 14.6. The zero-order chi connectivity index (χ0) is 13.9. The number of aliphatic carboxylic acids is 1. The average Bonchev–Trinajstić information content (AvgIpc) is 2.30. The molecule has 0 radical (unpaired) electrons. The van der Waals surface area contributed by atoms with Gasteiger partial charge in [0.2, 0.25) is 5.91 Å². The van der Waals surface area contributed by atoms with Crippen LogP contribution in [0.25, 0.3) is 0 Å². The number of hydrogen-bond donors (Lipinski definition) is 2. The lowest BCUT2D eigenvalue weighted by atomic mass is 9.95. The van der Waals surface area contributed by atoms with E-state index < -0.39 is 17.8 Å². The third kappa shape index (κ3) is 3.53. The Morgan fingerprint density at radius 1 is 1.39 bits per heavy atom. The molecule has 1 aromatic rings. The van der Waals surface area contributed by atoms with Gasteiger partial charge < -0.3 is 10.4 Å². The minimum Gasteiger partial charge on any atom is -0.481 e. The summed E-state index contributed by atoms with van der Waals surface area (Å²) in [5.74, 6) is -2.23. The van der Waals surface area contributed by atoms with Crippen LogP contribution < -0.4 is 5.32 Å². The summed E-state index contributed by atoms with van der Waals surface area (Å²) in [6.45, 7) is 4.91. The lowest BCUT2D eigenvalue weighted by molar-refractivity contribution is -0.145. The molecule has 0 aromatic carbocycles. The molecule has 1 heterocycles. The SMILES string of the molecule is Cc1cc(Br)cnc1NC(=O)C(C)C(C)C(=O)O. The van der Waals surface area contributed by atoms with Crippen LogP contribution in [0.2, 0.25) is 0 Å². The van der Waals surface area contributed by atoms with Crippen molar-refractivity contribution in [3.8, 4) is 0 Å². The fraction of sp³-hybridized carbons (Fsp3) is 0.417. The first-order chi connectivity index (χ1) is 8.32. The van der Waals surface area contributed by atoms with E-state index in [1.54, 1.807) is 13.1 Å². The number of carboxylic acids is 1. The molecule has 0 bridgehead atoms. The second-order valence-electron chi connectivity index (χ2n) is 4.22. The molecule has 2 atom stereocenters. The quantitative estimate of drug-likeness (QED) is 0.894. The summed E-state index contributed by atoms with van der Waals surface area (Å²) in [5, 5.41) is 11.5. The summed E-state index contributed by atoms with van der Waals surface area (Å²) in [7, 11) is 0. The van der Waals surface area contributed by atoms with Gasteiger partial charge in [0.1, 0.15) is 5.82 Å². The van der Waals surface area contributed by atoms with Gasteiger partial charge in [-0.3, -0.25) is 9.59 Å². The number of halogens is 1. The number of aryl methyl sites for hydroxylation is 1. The van der Waals surface area contributed by atoms with E-state index in [9.17, 15) is 9.59 Å². The summed E-state index contributed by atoms with van der Waals surface area (Å²) in [6.07, 6.45) is 1.58.